The first-order valence-electron chi connectivity index (χ1n) is 3.73. The van der Waals surface area contributed by atoms with Crippen LogP contribution in [0.2, 0.25) is 0 Å². The molecule has 1 aliphatic rings. The number of nitrogens with zero attached hydrogens (tertiary/aromatic N) is 3. The lowest BCUT2D eigenvalue weighted by Gasteiger charge is -1.95. The van der Waals surface area contributed by atoms with Crippen molar-refractivity contribution in [2.75, 3.05) is 0 Å². The van der Waals surface area contributed by atoms with Crippen LogP contribution in [0, 0.1) is 0 Å². The molecule has 0 amide bonds. The summed E-state index contributed by atoms with van der Waals surface area (Å²) in [4.78, 5) is 14.3. The summed E-state index contributed by atoms with van der Waals surface area (Å²) in [5.41, 5.74) is 1.64. The van der Waals surface area contributed by atoms with Gasteiger partial charge in [-0.05, 0) is 19.3 Å². The first-order valence-corrected chi connectivity index (χ1v) is 3.73. The third-order valence-corrected chi connectivity index (χ3v) is 1.86. The van der Waals surface area contributed by atoms with E-state index < -0.39 is 5.97 Å². The maximum absolute atomic E-state index is 10.4. The van der Waals surface area contributed by atoms with E-state index >= 15 is 0 Å². The number of carbonyl (C=O) groups is 1. The molecule has 0 radical (unpaired) electrons. The van der Waals surface area contributed by atoms with Crippen molar-refractivity contribution in [2.45, 2.75) is 19.3 Å². The van der Waals surface area contributed by atoms with Gasteiger partial charge in [0.05, 0.1) is 11.4 Å². The maximum atomic E-state index is 10.4. The molecule has 0 saturated carbocycles. The average molecular weight is 165 g/mol. The number of fused-ring (bicyclic) bond motifs is 1. The van der Waals surface area contributed by atoms with Crippen molar-refractivity contribution in [1.29, 1.82) is 0 Å². The minimum absolute atomic E-state index is 0.198. The molecule has 2 rings (SSSR count). The monoisotopic (exact) mass is 165 g/mol. The summed E-state index contributed by atoms with van der Waals surface area (Å²) in [5.74, 6) is -1.31. The number of carboxylic acids is 1. The van der Waals surface area contributed by atoms with Gasteiger partial charge < -0.3 is 5.11 Å². The van der Waals surface area contributed by atoms with Gasteiger partial charge in [0.1, 0.15) is 0 Å². The number of hydrogen-bond acceptors (Lipinski definition) is 4. The zero-order valence-corrected chi connectivity index (χ0v) is 6.32. The van der Waals surface area contributed by atoms with Crippen LogP contribution in [0.15, 0.2) is 0 Å². The van der Waals surface area contributed by atoms with Crippen LogP contribution < -0.4 is 0 Å². The standard InChI is InChI=1S/C7H7N3O2/c11-7(12)6-8-4-2-1-3-5(4)9-10-6/h1-3H2,(H,11,12). The summed E-state index contributed by atoms with van der Waals surface area (Å²) in [7, 11) is 0. The van der Waals surface area contributed by atoms with E-state index in [9.17, 15) is 4.79 Å². The zero-order chi connectivity index (χ0) is 8.55. The largest absolute Gasteiger partial charge is 0.475 e. The van der Waals surface area contributed by atoms with Crippen LogP contribution in [-0.2, 0) is 12.8 Å². The SMILES string of the molecule is O=C(O)c1nnc2c(n1)CCC2. The molecule has 1 heterocycles. The van der Waals surface area contributed by atoms with Gasteiger partial charge in [-0.1, -0.05) is 0 Å². The van der Waals surface area contributed by atoms with Crippen molar-refractivity contribution in [2.24, 2.45) is 0 Å². The van der Waals surface area contributed by atoms with Gasteiger partial charge in [0.15, 0.2) is 0 Å². The van der Waals surface area contributed by atoms with E-state index in [1.807, 2.05) is 0 Å². The van der Waals surface area contributed by atoms with Gasteiger partial charge in [0.25, 0.3) is 5.82 Å². The summed E-state index contributed by atoms with van der Waals surface area (Å²) >= 11 is 0. The summed E-state index contributed by atoms with van der Waals surface area (Å²) in [6.45, 7) is 0. The predicted molar refractivity (Wildman–Crippen MR) is 38.8 cm³/mol. The Morgan fingerprint density at radius 2 is 2.00 bits per heavy atom. The number of aromatic nitrogens is 3. The molecular formula is C7H7N3O2. The van der Waals surface area contributed by atoms with Crippen LogP contribution >= 0.6 is 0 Å². The average Bonchev–Trinajstić information content (AvgIpc) is 2.49. The van der Waals surface area contributed by atoms with E-state index in [0.29, 0.717) is 0 Å². The van der Waals surface area contributed by atoms with Crippen molar-refractivity contribution < 1.29 is 9.90 Å². The zero-order valence-electron chi connectivity index (χ0n) is 6.32. The van der Waals surface area contributed by atoms with Crippen LogP contribution in [0.25, 0.3) is 0 Å². The van der Waals surface area contributed by atoms with Crippen molar-refractivity contribution in [3.63, 3.8) is 0 Å². The van der Waals surface area contributed by atoms with Gasteiger partial charge in [-0.15, -0.1) is 5.10 Å². The molecule has 5 heteroatoms. The van der Waals surface area contributed by atoms with Crippen LogP contribution in [0.4, 0.5) is 0 Å². The summed E-state index contributed by atoms with van der Waals surface area (Å²) in [6, 6.07) is 0. The van der Waals surface area contributed by atoms with Crippen molar-refractivity contribution in [3.8, 4) is 0 Å². The molecule has 1 aromatic heterocycles. The molecule has 5 nitrogen and oxygen atoms in total. The van der Waals surface area contributed by atoms with Crippen LogP contribution in [-0.4, -0.2) is 26.3 Å². The highest BCUT2D eigenvalue weighted by molar-refractivity contribution is 5.82. The Morgan fingerprint density at radius 3 is 2.75 bits per heavy atom. The number of aromatic carboxylic acids is 1. The van der Waals surface area contributed by atoms with Crippen LogP contribution in [0.5, 0.6) is 0 Å². The lowest BCUT2D eigenvalue weighted by Crippen LogP contribution is -2.08. The third kappa shape index (κ3) is 1.03. The number of hydrogen-bond donors (Lipinski definition) is 1. The van der Waals surface area contributed by atoms with Crippen molar-refractivity contribution in [3.05, 3.63) is 17.2 Å². The van der Waals surface area contributed by atoms with Gasteiger partial charge in [-0.25, -0.2) is 9.78 Å². The topological polar surface area (TPSA) is 76.0 Å². The minimum Gasteiger partial charge on any atom is -0.475 e. The summed E-state index contributed by atoms with van der Waals surface area (Å²) < 4.78 is 0. The second-order valence-electron chi connectivity index (χ2n) is 2.69. The van der Waals surface area contributed by atoms with Gasteiger partial charge in [-0.2, -0.15) is 5.10 Å². The van der Waals surface area contributed by atoms with Gasteiger partial charge >= 0.3 is 5.97 Å². The maximum Gasteiger partial charge on any atom is 0.375 e. The Bertz CT molecular complexity index is 337. The first-order chi connectivity index (χ1) is 5.77. The van der Waals surface area contributed by atoms with Crippen molar-refractivity contribution >= 4 is 5.97 Å². The molecule has 1 aliphatic carbocycles. The van der Waals surface area contributed by atoms with E-state index in [1.54, 1.807) is 0 Å². The van der Waals surface area contributed by atoms with Crippen molar-refractivity contribution in [1.82, 2.24) is 15.2 Å². The molecule has 62 valence electrons. The van der Waals surface area contributed by atoms with E-state index in [1.165, 1.54) is 0 Å². The highest BCUT2D eigenvalue weighted by Gasteiger charge is 2.17. The van der Waals surface area contributed by atoms with Crippen LogP contribution in [0.3, 0.4) is 0 Å². The molecule has 0 aliphatic heterocycles. The molecule has 0 atom stereocenters. The number of carboxylic acid groups (broad SMARTS) is 1. The molecule has 0 aromatic carbocycles. The first kappa shape index (κ1) is 7.15. The fraction of sp³-hybridized carbons (Fsp3) is 0.429. The molecular weight excluding hydrogens is 158 g/mol. The molecule has 12 heavy (non-hydrogen) atoms. The molecule has 0 saturated heterocycles. The lowest BCUT2D eigenvalue weighted by molar-refractivity contribution is 0.0681. The molecule has 1 aromatic rings. The lowest BCUT2D eigenvalue weighted by atomic mass is 10.4. The Balaban J connectivity index is 2.45. The van der Waals surface area contributed by atoms with Crippen LogP contribution in [0.1, 0.15) is 28.4 Å². The Hall–Kier alpha value is -1.52. The normalized spacial score (nSPS) is 14.3. The molecule has 0 fully saturated rings. The second kappa shape index (κ2) is 2.51. The van der Waals surface area contributed by atoms with Gasteiger partial charge in [0.2, 0.25) is 0 Å². The Morgan fingerprint density at radius 1 is 1.25 bits per heavy atom. The quantitative estimate of drug-likeness (QED) is 0.636. The Kier molecular flexibility index (Phi) is 1.49. The van der Waals surface area contributed by atoms with Gasteiger partial charge in [-0.3, -0.25) is 0 Å². The highest BCUT2D eigenvalue weighted by atomic mass is 16.4. The fourth-order valence-electron chi connectivity index (χ4n) is 1.29. The number of rotatable bonds is 1. The van der Waals surface area contributed by atoms with E-state index in [2.05, 4.69) is 15.2 Å². The molecule has 0 bridgehead atoms. The van der Waals surface area contributed by atoms with Gasteiger partial charge in [0, 0.05) is 0 Å². The molecule has 0 spiro atoms. The Labute approximate surface area is 68.5 Å². The third-order valence-electron chi connectivity index (χ3n) is 1.86. The molecule has 1 N–H and O–H groups in total. The van der Waals surface area contributed by atoms with E-state index in [0.717, 1.165) is 30.7 Å². The fourth-order valence-corrected chi connectivity index (χ4v) is 1.29. The minimum atomic E-state index is -1.11. The highest BCUT2D eigenvalue weighted by Crippen LogP contribution is 2.15. The van der Waals surface area contributed by atoms with E-state index in [4.69, 9.17) is 5.11 Å². The number of aryl methyl sites for hydroxylation is 2. The smallest absolute Gasteiger partial charge is 0.375 e. The van der Waals surface area contributed by atoms with E-state index in [-0.39, 0.29) is 5.82 Å². The summed E-state index contributed by atoms with van der Waals surface area (Å²) in [5, 5.41) is 15.8. The predicted octanol–water partition coefficient (Wildman–Crippen LogP) is 0.0585. The second-order valence-corrected chi connectivity index (χ2v) is 2.69. The summed E-state index contributed by atoms with van der Waals surface area (Å²) in [6.07, 6.45) is 2.69. The molecule has 0 unspecified atom stereocenters.